The van der Waals surface area contributed by atoms with Gasteiger partial charge in [0.25, 0.3) is 0 Å². The van der Waals surface area contributed by atoms with E-state index < -0.39 is 17.8 Å². The predicted octanol–water partition coefficient (Wildman–Crippen LogP) is 3.10. The van der Waals surface area contributed by atoms with Gasteiger partial charge in [-0.25, -0.2) is 0 Å². The molecule has 1 amide bonds. The third kappa shape index (κ3) is 3.17. The highest BCUT2D eigenvalue weighted by Crippen LogP contribution is 2.33. The maximum absolute atomic E-state index is 12.3. The molecule has 3 rings (SSSR count). The third-order valence-corrected chi connectivity index (χ3v) is 5.68. The number of aliphatic carboxylic acids is 1. The second-order valence-corrected chi connectivity index (χ2v) is 7.14. The van der Waals surface area contributed by atoms with Crippen LogP contribution in [0.5, 0.6) is 0 Å². The Labute approximate surface area is 135 Å². The molecule has 0 radical (unpaired) electrons. The molecule has 1 aliphatic rings. The largest absolute Gasteiger partial charge is 0.481 e. The SMILES string of the molecule is O=C(Nc1nnc(-c2cccs2)s1)[C@H]1CCCC[C@H]1C(=O)O. The Morgan fingerprint density at radius 1 is 1.23 bits per heavy atom. The summed E-state index contributed by atoms with van der Waals surface area (Å²) in [4.78, 5) is 24.6. The molecule has 0 saturated heterocycles. The lowest BCUT2D eigenvalue weighted by Gasteiger charge is -2.26. The Hall–Kier alpha value is -1.80. The predicted molar refractivity (Wildman–Crippen MR) is 84.9 cm³/mol. The fourth-order valence-electron chi connectivity index (χ4n) is 2.71. The van der Waals surface area contributed by atoms with Crippen LogP contribution >= 0.6 is 22.7 Å². The van der Waals surface area contributed by atoms with Crippen LogP contribution in [-0.2, 0) is 9.59 Å². The van der Waals surface area contributed by atoms with E-state index in [-0.39, 0.29) is 5.91 Å². The second-order valence-electron chi connectivity index (χ2n) is 5.21. The molecule has 2 N–H and O–H groups in total. The molecule has 22 heavy (non-hydrogen) atoms. The highest BCUT2D eigenvalue weighted by molar-refractivity contribution is 7.23. The highest BCUT2D eigenvalue weighted by atomic mass is 32.1. The lowest BCUT2D eigenvalue weighted by Crippen LogP contribution is -2.36. The number of carboxylic acid groups (broad SMARTS) is 1. The van der Waals surface area contributed by atoms with Crippen LogP contribution in [0.25, 0.3) is 9.88 Å². The number of rotatable bonds is 4. The molecular formula is C14H15N3O3S2. The third-order valence-electron chi connectivity index (χ3n) is 3.81. The molecule has 2 heterocycles. The quantitative estimate of drug-likeness (QED) is 0.894. The van der Waals surface area contributed by atoms with Gasteiger partial charge in [-0.15, -0.1) is 21.5 Å². The van der Waals surface area contributed by atoms with E-state index in [4.69, 9.17) is 0 Å². The van der Waals surface area contributed by atoms with E-state index in [9.17, 15) is 14.7 Å². The Morgan fingerprint density at radius 3 is 2.68 bits per heavy atom. The van der Waals surface area contributed by atoms with Gasteiger partial charge in [-0.3, -0.25) is 9.59 Å². The first-order valence-corrected chi connectivity index (χ1v) is 8.76. The minimum atomic E-state index is -0.892. The number of carboxylic acids is 1. The first-order valence-electron chi connectivity index (χ1n) is 7.06. The van der Waals surface area contributed by atoms with Gasteiger partial charge in [0, 0.05) is 0 Å². The zero-order chi connectivity index (χ0) is 15.5. The summed E-state index contributed by atoms with van der Waals surface area (Å²) in [6, 6.07) is 3.87. The number of nitrogens with one attached hydrogen (secondary N) is 1. The molecule has 0 aromatic carbocycles. The van der Waals surface area contributed by atoms with E-state index in [1.807, 2.05) is 17.5 Å². The van der Waals surface area contributed by atoms with Crippen molar-refractivity contribution >= 4 is 39.7 Å². The number of amides is 1. The van der Waals surface area contributed by atoms with E-state index in [1.54, 1.807) is 11.3 Å². The zero-order valence-corrected chi connectivity index (χ0v) is 13.3. The fraction of sp³-hybridized carbons (Fsp3) is 0.429. The first kappa shape index (κ1) is 15.1. The van der Waals surface area contributed by atoms with Crippen molar-refractivity contribution in [2.24, 2.45) is 11.8 Å². The van der Waals surface area contributed by atoms with E-state index >= 15 is 0 Å². The van der Waals surface area contributed by atoms with Gasteiger partial charge < -0.3 is 10.4 Å². The van der Waals surface area contributed by atoms with Crippen LogP contribution < -0.4 is 5.32 Å². The molecule has 0 spiro atoms. The lowest BCUT2D eigenvalue weighted by atomic mass is 9.79. The van der Waals surface area contributed by atoms with Crippen LogP contribution in [0.1, 0.15) is 25.7 Å². The van der Waals surface area contributed by atoms with Gasteiger partial charge in [0.2, 0.25) is 11.0 Å². The number of hydrogen-bond acceptors (Lipinski definition) is 6. The van der Waals surface area contributed by atoms with E-state index in [0.717, 1.165) is 22.7 Å². The maximum atomic E-state index is 12.3. The van der Waals surface area contributed by atoms with Crippen LogP contribution in [0.15, 0.2) is 17.5 Å². The van der Waals surface area contributed by atoms with Gasteiger partial charge >= 0.3 is 5.97 Å². The van der Waals surface area contributed by atoms with Crippen molar-refractivity contribution in [1.29, 1.82) is 0 Å². The number of hydrogen-bond donors (Lipinski definition) is 2. The van der Waals surface area contributed by atoms with Crippen molar-refractivity contribution in [3.05, 3.63) is 17.5 Å². The van der Waals surface area contributed by atoms with Crippen LogP contribution in [0, 0.1) is 11.8 Å². The average molecular weight is 337 g/mol. The maximum Gasteiger partial charge on any atom is 0.307 e. The van der Waals surface area contributed by atoms with Crippen LogP contribution in [-0.4, -0.2) is 27.2 Å². The molecule has 6 nitrogen and oxygen atoms in total. The summed E-state index contributed by atoms with van der Waals surface area (Å²) in [6.45, 7) is 0. The first-order chi connectivity index (χ1) is 10.6. The number of thiophene rings is 1. The van der Waals surface area contributed by atoms with E-state index in [2.05, 4.69) is 15.5 Å². The minimum absolute atomic E-state index is 0.263. The molecule has 2 atom stereocenters. The standard InChI is InChI=1S/C14H15N3O3S2/c18-11(8-4-1-2-5-9(8)13(19)20)15-14-17-16-12(22-14)10-6-3-7-21-10/h3,6-9H,1-2,4-5H2,(H,19,20)(H,15,17,18)/t8-,9+/m0/s1. The molecule has 1 aliphatic carbocycles. The summed E-state index contributed by atoms with van der Waals surface area (Å²) in [6.07, 6.45) is 2.92. The van der Waals surface area contributed by atoms with Crippen molar-refractivity contribution < 1.29 is 14.7 Å². The normalized spacial score (nSPS) is 21.5. The zero-order valence-electron chi connectivity index (χ0n) is 11.7. The molecule has 0 bridgehead atoms. The number of carbonyl (C=O) groups is 2. The van der Waals surface area contributed by atoms with Gasteiger partial charge in [0.15, 0.2) is 5.01 Å². The summed E-state index contributed by atoms with van der Waals surface area (Å²) >= 11 is 2.86. The van der Waals surface area contributed by atoms with Gasteiger partial charge in [-0.2, -0.15) is 0 Å². The summed E-state index contributed by atoms with van der Waals surface area (Å²) < 4.78 is 0. The molecule has 2 aromatic rings. The Bertz CT molecular complexity index is 669. The minimum Gasteiger partial charge on any atom is -0.481 e. The Kier molecular flexibility index (Phi) is 4.49. The molecular weight excluding hydrogens is 322 g/mol. The molecule has 2 aromatic heterocycles. The van der Waals surface area contributed by atoms with Crippen molar-refractivity contribution in [3.63, 3.8) is 0 Å². The van der Waals surface area contributed by atoms with Crippen LogP contribution in [0.3, 0.4) is 0 Å². The summed E-state index contributed by atoms with van der Waals surface area (Å²) in [5, 5.41) is 23.1. The van der Waals surface area contributed by atoms with Crippen molar-refractivity contribution in [2.45, 2.75) is 25.7 Å². The molecule has 1 saturated carbocycles. The Morgan fingerprint density at radius 2 is 2.00 bits per heavy atom. The molecule has 8 heteroatoms. The number of carbonyl (C=O) groups excluding carboxylic acids is 1. The smallest absolute Gasteiger partial charge is 0.307 e. The second kappa shape index (κ2) is 6.53. The topological polar surface area (TPSA) is 92.2 Å². The van der Waals surface area contributed by atoms with Crippen LogP contribution in [0.4, 0.5) is 5.13 Å². The average Bonchev–Trinajstić information content (AvgIpc) is 3.17. The molecule has 1 fully saturated rings. The summed E-state index contributed by atoms with van der Waals surface area (Å²) in [5.74, 6) is -2.24. The van der Waals surface area contributed by atoms with E-state index in [1.165, 1.54) is 11.3 Å². The molecule has 116 valence electrons. The van der Waals surface area contributed by atoms with Crippen molar-refractivity contribution in [3.8, 4) is 9.88 Å². The van der Waals surface area contributed by atoms with Crippen molar-refractivity contribution in [1.82, 2.24) is 10.2 Å². The van der Waals surface area contributed by atoms with Gasteiger partial charge in [-0.05, 0) is 24.3 Å². The van der Waals surface area contributed by atoms with Crippen LogP contribution in [0.2, 0.25) is 0 Å². The summed E-state index contributed by atoms with van der Waals surface area (Å²) in [5.41, 5.74) is 0. The van der Waals surface area contributed by atoms with Gasteiger partial charge in [0.05, 0.1) is 16.7 Å². The fourth-order valence-corrected chi connectivity index (χ4v) is 4.25. The van der Waals surface area contributed by atoms with Gasteiger partial charge in [-0.1, -0.05) is 30.2 Å². The van der Waals surface area contributed by atoms with Gasteiger partial charge in [0.1, 0.15) is 0 Å². The number of nitrogens with zero attached hydrogens (tertiary/aromatic N) is 2. The number of aromatic nitrogens is 2. The lowest BCUT2D eigenvalue weighted by molar-refractivity contribution is -0.147. The monoisotopic (exact) mass is 337 g/mol. The van der Waals surface area contributed by atoms with E-state index in [0.29, 0.717) is 18.0 Å². The van der Waals surface area contributed by atoms with Crippen molar-refractivity contribution in [2.75, 3.05) is 5.32 Å². The summed E-state index contributed by atoms with van der Waals surface area (Å²) in [7, 11) is 0. The highest BCUT2D eigenvalue weighted by Gasteiger charge is 2.36. The Balaban J connectivity index is 1.70. The number of anilines is 1. The molecule has 0 unspecified atom stereocenters. The molecule has 0 aliphatic heterocycles.